The lowest BCUT2D eigenvalue weighted by molar-refractivity contribution is -0.137. The van der Waals surface area contributed by atoms with Crippen LogP contribution < -0.4 is 5.32 Å². The minimum absolute atomic E-state index is 0.0247. The average Bonchev–Trinajstić information content (AvgIpc) is 2.89. The topological polar surface area (TPSA) is 231 Å². The smallest absolute Gasteiger partial charge is 0.222 e. The van der Waals surface area contributed by atoms with Gasteiger partial charge in [0.05, 0.1) is 18.8 Å². The molecule has 0 saturated heterocycles. The van der Waals surface area contributed by atoms with Crippen LogP contribution in [-0.4, -0.2) is 138 Å². The van der Waals surface area contributed by atoms with Gasteiger partial charge in [-0.1, -0.05) is 48.5 Å². The molecular weight excluding hydrogens is 540 g/mol. The summed E-state index contributed by atoms with van der Waals surface area (Å²) in [5, 5.41) is 87.5. The van der Waals surface area contributed by atoms with Crippen LogP contribution in [0.4, 0.5) is 0 Å². The summed E-state index contributed by atoms with van der Waals surface area (Å²) in [5.41, 5.74) is 0.0763. The van der Waals surface area contributed by atoms with Crippen LogP contribution in [0.5, 0.6) is 0 Å². The van der Waals surface area contributed by atoms with Gasteiger partial charge in [0, 0.05) is 33.0 Å². The Morgan fingerprint density at radius 1 is 0.683 bits per heavy atom. The monoisotopic (exact) mass is 598 g/mol. The Morgan fingerprint density at radius 2 is 1.10 bits per heavy atom. The van der Waals surface area contributed by atoms with Crippen molar-refractivity contribution >= 4 is 11.8 Å². The Kier molecular flexibility index (Phi) is 20.1. The van der Waals surface area contributed by atoms with Crippen LogP contribution in [0.1, 0.15) is 80.6 Å². The van der Waals surface area contributed by atoms with E-state index in [0.717, 1.165) is 6.42 Å². The summed E-state index contributed by atoms with van der Waals surface area (Å²) in [6, 6.07) is 0. The summed E-state index contributed by atoms with van der Waals surface area (Å²) in [6.07, 6.45) is -9.28. The molecule has 0 fully saturated rings. The highest BCUT2D eigenvalue weighted by atomic mass is 16.4. The average molecular weight is 599 g/mol. The van der Waals surface area contributed by atoms with Gasteiger partial charge in [-0.2, -0.15) is 0 Å². The zero-order chi connectivity index (χ0) is 32.7. The number of amides is 2. The second kappa shape index (κ2) is 19.7. The SMILES string of the molecule is CC(C)(C)CCC(=O)NC[C@H](O)[C@@H](O)[C@H](O)[C@H](O)CO.CC[C@@H](O)[C@@H](O)[C@H](O)[C@@H](O)CN(C)C(=O)CCC(C)(C)C. The summed E-state index contributed by atoms with van der Waals surface area (Å²) in [7, 11) is 1.55. The second-order valence-electron chi connectivity index (χ2n) is 13.0. The number of likely N-dealkylation sites (N-methyl/N-ethyl adjacent to an activating group) is 1. The maximum absolute atomic E-state index is 11.9. The number of carbonyl (C=O) groups excluding carboxylic acids is 2. The number of hydrogen-bond acceptors (Lipinski definition) is 11. The molecule has 0 aliphatic rings. The molecule has 0 aromatic rings. The molecule has 13 heteroatoms. The van der Waals surface area contributed by atoms with E-state index in [1.165, 1.54) is 4.90 Å². The molecule has 41 heavy (non-hydrogen) atoms. The molecule has 0 spiro atoms. The van der Waals surface area contributed by atoms with Crippen molar-refractivity contribution in [2.24, 2.45) is 10.8 Å². The molecule has 0 bridgehead atoms. The summed E-state index contributed by atoms with van der Waals surface area (Å²) in [6.45, 7) is 12.8. The molecular formula is C28H58N2O11. The zero-order valence-corrected chi connectivity index (χ0v) is 26.1. The van der Waals surface area contributed by atoms with E-state index in [2.05, 4.69) is 5.32 Å². The van der Waals surface area contributed by atoms with Gasteiger partial charge in [0.25, 0.3) is 0 Å². The van der Waals surface area contributed by atoms with Gasteiger partial charge >= 0.3 is 0 Å². The molecule has 0 aliphatic heterocycles. The summed E-state index contributed by atoms with van der Waals surface area (Å²) in [5.74, 6) is -0.384. The Hall–Kier alpha value is -1.42. The largest absolute Gasteiger partial charge is 0.394 e. The maximum atomic E-state index is 11.9. The molecule has 0 aromatic carbocycles. The molecule has 0 saturated carbocycles. The standard InChI is InChI=1S/C15H31NO5.C13H27NO6/c1-6-10(17)13(20)14(21)11(18)9-16(5)12(19)7-8-15(2,3)4;1-13(2,3)5-4-10(18)14-6-8(16)11(19)12(20)9(17)7-15/h10-11,13-14,17-18,20-21H,6-9H2,1-5H3;8-9,11-12,15-17,19-20H,4-7H2,1-3H3,(H,14,18)/t10-,11+,13-,14-;8-,9+,11+,12+/m10/s1. The predicted molar refractivity (Wildman–Crippen MR) is 153 cm³/mol. The first kappa shape index (κ1) is 41.7. The number of nitrogens with one attached hydrogen (secondary N) is 1. The third kappa shape index (κ3) is 19.4. The van der Waals surface area contributed by atoms with E-state index in [-0.39, 0.29) is 42.2 Å². The molecule has 0 radical (unpaired) electrons. The van der Waals surface area contributed by atoms with Crippen molar-refractivity contribution in [3.8, 4) is 0 Å². The van der Waals surface area contributed by atoms with E-state index in [0.29, 0.717) is 19.3 Å². The minimum Gasteiger partial charge on any atom is -0.394 e. The number of rotatable bonds is 16. The van der Waals surface area contributed by atoms with Crippen LogP contribution in [0.15, 0.2) is 0 Å². The van der Waals surface area contributed by atoms with Crippen LogP contribution in [0.25, 0.3) is 0 Å². The second-order valence-corrected chi connectivity index (χ2v) is 13.0. The van der Waals surface area contributed by atoms with Gasteiger partial charge in [0.2, 0.25) is 11.8 Å². The van der Waals surface area contributed by atoms with E-state index >= 15 is 0 Å². The lowest BCUT2D eigenvalue weighted by Gasteiger charge is -2.29. The zero-order valence-electron chi connectivity index (χ0n) is 26.1. The molecule has 0 aromatic heterocycles. The summed E-state index contributed by atoms with van der Waals surface area (Å²) in [4.78, 5) is 24.8. The van der Waals surface area contributed by atoms with Crippen molar-refractivity contribution in [1.29, 1.82) is 0 Å². The van der Waals surface area contributed by atoms with Crippen LogP contribution in [0.2, 0.25) is 0 Å². The molecule has 10 N–H and O–H groups in total. The van der Waals surface area contributed by atoms with Crippen LogP contribution in [0.3, 0.4) is 0 Å². The van der Waals surface area contributed by atoms with Crippen molar-refractivity contribution in [1.82, 2.24) is 10.2 Å². The molecule has 13 nitrogen and oxygen atoms in total. The minimum atomic E-state index is -1.68. The van der Waals surface area contributed by atoms with E-state index < -0.39 is 55.4 Å². The van der Waals surface area contributed by atoms with E-state index in [1.807, 2.05) is 41.5 Å². The normalized spacial score (nSPS) is 18.1. The van der Waals surface area contributed by atoms with Crippen LogP contribution in [-0.2, 0) is 9.59 Å². The van der Waals surface area contributed by atoms with E-state index in [4.69, 9.17) is 10.2 Å². The first-order valence-electron chi connectivity index (χ1n) is 14.1. The van der Waals surface area contributed by atoms with Gasteiger partial charge in [-0.3, -0.25) is 9.59 Å². The number of hydrogen-bond donors (Lipinski definition) is 10. The van der Waals surface area contributed by atoms with Gasteiger partial charge < -0.3 is 56.2 Å². The molecule has 0 aliphatic carbocycles. The maximum Gasteiger partial charge on any atom is 0.222 e. The molecule has 8 atom stereocenters. The quantitative estimate of drug-likeness (QED) is 0.0981. The summed E-state index contributed by atoms with van der Waals surface area (Å²) < 4.78 is 0. The molecule has 2 amide bonds. The lowest BCUT2D eigenvalue weighted by Crippen LogP contribution is -2.49. The Labute approximate surface area is 244 Å². The Bertz CT molecular complexity index is 727. The van der Waals surface area contributed by atoms with Gasteiger partial charge in [0.15, 0.2) is 0 Å². The number of aliphatic hydroxyl groups excluding tert-OH is 9. The van der Waals surface area contributed by atoms with E-state index in [9.17, 15) is 45.3 Å². The van der Waals surface area contributed by atoms with Gasteiger partial charge in [0.1, 0.15) is 36.6 Å². The van der Waals surface area contributed by atoms with Gasteiger partial charge in [-0.15, -0.1) is 0 Å². The third-order valence-corrected chi connectivity index (χ3v) is 6.47. The highest BCUT2D eigenvalue weighted by molar-refractivity contribution is 5.76. The summed E-state index contributed by atoms with van der Waals surface area (Å²) >= 11 is 0. The number of aliphatic hydroxyl groups is 9. The molecule has 246 valence electrons. The van der Waals surface area contributed by atoms with Crippen molar-refractivity contribution < 1.29 is 55.5 Å². The fourth-order valence-corrected chi connectivity index (χ4v) is 3.34. The highest BCUT2D eigenvalue weighted by Gasteiger charge is 2.31. The van der Waals surface area contributed by atoms with E-state index in [1.54, 1.807) is 14.0 Å². The first-order valence-corrected chi connectivity index (χ1v) is 14.1. The number of nitrogens with zero attached hydrogens (tertiary/aromatic N) is 1. The van der Waals surface area contributed by atoms with Gasteiger partial charge in [-0.05, 0) is 30.1 Å². The van der Waals surface area contributed by atoms with Crippen LogP contribution in [0, 0.1) is 10.8 Å². The highest BCUT2D eigenvalue weighted by Crippen LogP contribution is 2.21. The van der Waals surface area contributed by atoms with Crippen molar-refractivity contribution in [3.05, 3.63) is 0 Å². The number of carbonyl (C=O) groups is 2. The fourth-order valence-electron chi connectivity index (χ4n) is 3.34. The van der Waals surface area contributed by atoms with Crippen molar-refractivity contribution in [2.75, 3.05) is 26.7 Å². The van der Waals surface area contributed by atoms with Crippen molar-refractivity contribution in [3.63, 3.8) is 0 Å². The molecule has 0 rings (SSSR count). The van der Waals surface area contributed by atoms with Crippen LogP contribution >= 0.6 is 0 Å². The Balaban J connectivity index is 0. The predicted octanol–water partition coefficient (Wildman–Crippen LogP) is -1.51. The molecule has 0 heterocycles. The third-order valence-electron chi connectivity index (χ3n) is 6.47. The molecule has 0 unspecified atom stereocenters. The fraction of sp³-hybridized carbons (Fsp3) is 0.929. The van der Waals surface area contributed by atoms with Gasteiger partial charge in [-0.25, -0.2) is 0 Å². The lowest BCUT2D eigenvalue weighted by atomic mass is 9.90. The van der Waals surface area contributed by atoms with Crippen molar-refractivity contribution in [2.45, 2.75) is 129 Å². The Morgan fingerprint density at radius 3 is 1.54 bits per heavy atom. The first-order chi connectivity index (χ1) is 18.6.